The van der Waals surface area contributed by atoms with Gasteiger partial charge in [0.2, 0.25) is 11.8 Å². The van der Waals surface area contributed by atoms with E-state index in [-0.39, 0.29) is 24.8 Å². The lowest BCUT2D eigenvalue weighted by Gasteiger charge is -2.21. The van der Waals surface area contributed by atoms with E-state index in [2.05, 4.69) is 16.0 Å². The van der Waals surface area contributed by atoms with E-state index in [4.69, 9.17) is 4.74 Å². The molecule has 3 amide bonds. The summed E-state index contributed by atoms with van der Waals surface area (Å²) in [5.74, 6) is 0.515. The molecule has 0 unspecified atom stereocenters. The van der Waals surface area contributed by atoms with Crippen molar-refractivity contribution in [2.75, 3.05) is 11.9 Å². The molecule has 0 aromatic heterocycles. The van der Waals surface area contributed by atoms with Gasteiger partial charge in [0, 0.05) is 31.6 Å². The molecule has 1 aliphatic rings. The van der Waals surface area contributed by atoms with Crippen LogP contribution in [0, 0.1) is 5.92 Å². The number of ether oxygens (including phenoxy) is 1. The first-order valence-electron chi connectivity index (χ1n) is 11.3. The smallest absolute Gasteiger partial charge is 0.407 e. The van der Waals surface area contributed by atoms with E-state index in [0.29, 0.717) is 24.6 Å². The molecule has 7 heteroatoms. The van der Waals surface area contributed by atoms with Gasteiger partial charge in [-0.05, 0) is 44.7 Å². The van der Waals surface area contributed by atoms with Gasteiger partial charge in [-0.3, -0.25) is 9.59 Å². The fourth-order valence-corrected chi connectivity index (χ4v) is 3.69. The van der Waals surface area contributed by atoms with Crippen molar-refractivity contribution in [3.05, 3.63) is 29.8 Å². The molecule has 172 valence electrons. The van der Waals surface area contributed by atoms with Crippen molar-refractivity contribution >= 4 is 23.6 Å². The van der Waals surface area contributed by atoms with Crippen molar-refractivity contribution in [3.8, 4) is 0 Å². The standard InChI is InChI=1S/C24H37N3O4/c1-24(2,3)31-23(30)25-16-15-22(29)27-20-12-8-7-11-19(20)17-26-21(28)14-13-18-9-5-4-6-10-18/h7-8,11-12,18H,4-6,9-10,13-17H2,1-3H3,(H,25,30)(H,26,28)(H,27,29). The number of anilines is 1. The van der Waals surface area contributed by atoms with Crippen LogP contribution in [0.3, 0.4) is 0 Å². The zero-order chi connectivity index (χ0) is 22.7. The summed E-state index contributed by atoms with van der Waals surface area (Å²) >= 11 is 0. The molecule has 2 rings (SSSR count). The minimum absolute atomic E-state index is 0.0493. The normalized spacial score (nSPS) is 14.5. The Morgan fingerprint density at radius 2 is 1.68 bits per heavy atom. The molecule has 0 spiro atoms. The highest BCUT2D eigenvalue weighted by molar-refractivity contribution is 5.92. The molecule has 0 saturated heterocycles. The summed E-state index contributed by atoms with van der Waals surface area (Å²) in [7, 11) is 0. The molecule has 0 radical (unpaired) electrons. The molecule has 0 bridgehead atoms. The van der Waals surface area contributed by atoms with Crippen molar-refractivity contribution in [3.63, 3.8) is 0 Å². The number of nitrogens with one attached hydrogen (secondary N) is 3. The topological polar surface area (TPSA) is 96.5 Å². The number of alkyl carbamates (subject to hydrolysis) is 1. The number of para-hydroxylation sites is 1. The zero-order valence-corrected chi connectivity index (χ0v) is 19.1. The highest BCUT2D eigenvalue weighted by Crippen LogP contribution is 2.27. The summed E-state index contributed by atoms with van der Waals surface area (Å²) in [5, 5.41) is 8.40. The van der Waals surface area contributed by atoms with Gasteiger partial charge >= 0.3 is 6.09 Å². The average Bonchev–Trinajstić information content (AvgIpc) is 2.71. The third kappa shape index (κ3) is 10.3. The van der Waals surface area contributed by atoms with E-state index in [1.165, 1.54) is 32.1 Å². The number of hydrogen-bond donors (Lipinski definition) is 3. The van der Waals surface area contributed by atoms with Crippen LogP contribution < -0.4 is 16.0 Å². The Bertz CT molecular complexity index is 737. The van der Waals surface area contributed by atoms with Gasteiger partial charge in [0.25, 0.3) is 0 Å². The molecule has 3 N–H and O–H groups in total. The van der Waals surface area contributed by atoms with Crippen LogP contribution in [0.15, 0.2) is 24.3 Å². The molecule has 1 fully saturated rings. The van der Waals surface area contributed by atoms with E-state index >= 15 is 0 Å². The number of carbonyl (C=O) groups is 3. The first-order valence-corrected chi connectivity index (χ1v) is 11.3. The van der Waals surface area contributed by atoms with Crippen molar-refractivity contribution in [1.82, 2.24) is 10.6 Å². The van der Waals surface area contributed by atoms with E-state index in [1.54, 1.807) is 20.8 Å². The van der Waals surface area contributed by atoms with E-state index in [0.717, 1.165) is 12.0 Å². The van der Waals surface area contributed by atoms with Crippen LogP contribution >= 0.6 is 0 Å². The molecular formula is C24H37N3O4. The number of benzene rings is 1. The number of amides is 3. The first-order chi connectivity index (χ1) is 14.7. The Labute approximate surface area is 185 Å². The summed E-state index contributed by atoms with van der Waals surface area (Å²) in [5.41, 5.74) is 0.936. The second-order valence-corrected chi connectivity index (χ2v) is 9.20. The minimum Gasteiger partial charge on any atom is -0.444 e. The summed E-state index contributed by atoms with van der Waals surface area (Å²) in [6.45, 7) is 5.90. The molecule has 7 nitrogen and oxygen atoms in total. The average molecular weight is 432 g/mol. The van der Waals surface area contributed by atoms with Crippen LogP contribution in [0.2, 0.25) is 0 Å². The fraction of sp³-hybridized carbons (Fsp3) is 0.625. The Balaban J connectivity index is 1.73. The monoisotopic (exact) mass is 431 g/mol. The van der Waals surface area contributed by atoms with Crippen molar-refractivity contribution in [2.24, 2.45) is 5.92 Å². The third-order valence-electron chi connectivity index (χ3n) is 5.29. The second-order valence-electron chi connectivity index (χ2n) is 9.20. The third-order valence-corrected chi connectivity index (χ3v) is 5.29. The highest BCUT2D eigenvalue weighted by Gasteiger charge is 2.17. The lowest BCUT2D eigenvalue weighted by molar-refractivity contribution is -0.121. The van der Waals surface area contributed by atoms with Gasteiger partial charge in [-0.15, -0.1) is 0 Å². The van der Waals surface area contributed by atoms with Crippen molar-refractivity contribution in [1.29, 1.82) is 0 Å². The van der Waals surface area contributed by atoms with Crippen molar-refractivity contribution in [2.45, 2.75) is 84.3 Å². The molecule has 1 aromatic carbocycles. The van der Waals surface area contributed by atoms with Crippen LogP contribution in [-0.4, -0.2) is 30.1 Å². The Morgan fingerprint density at radius 1 is 0.968 bits per heavy atom. The van der Waals surface area contributed by atoms with Gasteiger partial charge < -0.3 is 20.7 Å². The molecular weight excluding hydrogens is 394 g/mol. The van der Waals surface area contributed by atoms with Crippen LogP contribution in [0.25, 0.3) is 0 Å². The summed E-state index contributed by atoms with van der Waals surface area (Å²) in [6.07, 6.45) is 7.46. The quantitative estimate of drug-likeness (QED) is 0.536. The maximum Gasteiger partial charge on any atom is 0.407 e. The van der Waals surface area contributed by atoms with E-state index in [9.17, 15) is 14.4 Å². The van der Waals surface area contributed by atoms with Gasteiger partial charge in [0.1, 0.15) is 5.60 Å². The molecule has 1 saturated carbocycles. The maximum atomic E-state index is 12.3. The van der Waals surface area contributed by atoms with Crippen LogP contribution in [0.5, 0.6) is 0 Å². The predicted octanol–water partition coefficient (Wildman–Crippen LogP) is 4.52. The molecule has 1 aromatic rings. The van der Waals surface area contributed by atoms with Gasteiger partial charge in [0.15, 0.2) is 0 Å². The summed E-state index contributed by atoms with van der Waals surface area (Å²) < 4.78 is 5.15. The Hall–Kier alpha value is -2.57. The van der Waals surface area contributed by atoms with Crippen LogP contribution in [-0.2, 0) is 20.9 Å². The Morgan fingerprint density at radius 3 is 2.39 bits per heavy atom. The van der Waals surface area contributed by atoms with Gasteiger partial charge in [-0.1, -0.05) is 50.3 Å². The van der Waals surface area contributed by atoms with Crippen molar-refractivity contribution < 1.29 is 19.1 Å². The van der Waals surface area contributed by atoms with Crippen LogP contribution in [0.4, 0.5) is 10.5 Å². The number of rotatable bonds is 9. The first kappa shape index (κ1) is 24.7. The van der Waals surface area contributed by atoms with E-state index < -0.39 is 11.7 Å². The van der Waals surface area contributed by atoms with Crippen LogP contribution in [0.1, 0.15) is 77.7 Å². The molecule has 0 heterocycles. The number of hydrogen-bond acceptors (Lipinski definition) is 4. The zero-order valence-electron chi connectivity index (χ0n) is 19.1. The highest BCUT2D eigenvalue weighted by atomic mass is 16.6. The van der Waals surface area contributed by atoms with Gasteiger partial charge in [0.05, 0.1) is 0 Å². The molecule has 0 aliphatic heterocycles. The largest absolute Gasteiger partial charge is 0.444 e. The van der Waals surface area contributed by atoms with E-state index in [1.807, 2.05) is 24.3 Å². The molecule has 1 aliphatic carbocycles. The lowest BCUT2D eigenvalue weighted by Crippen LogP contribution is -2.34. The summed E-state index contributed by atoms with van der Waals surface area (Å²) in [4.78, 5) is 36.2. The van der Waals surface area contributed by atoms with Gasteiger partial charge in [-0.25, -0.2) is 4.79 Å². The minimum atomic E-state index is -0.577. The lowest BCUT2D eigenvalue weighted by atomic mass is 9.86. The predicted molar refractivity (Wildman–Crippen MR) is 122 cm³/mol. The molecule has 31 heavy (non-hydrogen) atoms. The molecule has 0 atom stereocenters. The number of carbonyl (C=O) groups excluding carboxylic acids is 3. The second kappa shape index (κ2) is 12.3. The van der Waals surface area contributed by atoms with Gasteiger partial charge in [-0.2, -0.15) is 0 Å². The Kier molecular flexibility index (Phi) is 9.82. The maximum absolute atomic E-state index is 12.3. The SMILES string of the molecule is CC(C)(C)OC(=O)NCCC(=O)Nc1ccccc1CNC(=O)CCC1CCCCC1. The fourth-order valence-electron chi connectivity index (χ4n) is 3.69. The summed E-state index contributed by atoms with van der Waals surface area (Å²) in [6, 6.07) is 7.41.